The van der Waals surface area contributed by atoms with E-state index < -0.39 is 78.7 Å². The normalized spacial score (nSPS) is 43.0. The Morgan fingerprint density at radius 2 is 1.63 bits per heavy atom. The molecule has 6 N–H and O–H groups in total. The number of allylic oxidation sites excluding steroid dienone is 5. The maximum atomic E-state index is 13.9. The molecule has 0 aromatic heterocycles. The predicted octanol–water partition coefficient (Wildman–Crippen LogP) is 2.33. The van der Waals surface area contributed by atoms with Crippen molar-refractivity contribution in [3.8, 4) is 0 Å². The molecular weight excluding hydrogens is 704 g/mol. The van der Waals surface area contributed by atoms with Crippen molar-refractivity contribution in [1.82, 2.24) is 0 Å². The third-order valence-electron chi connectivity index (χ3n) is 13.6. The van der Waals surface area contributed by atoms with Gasteiger partial charge in [-0.2, -0.15) is 0 Å². The summed E-state index contributed by atoms with van der Waals surface area (Å²) >= 11 is 0. The second-order valence-electron chi connectivity index (χ2n) is 17.2. The molecule has 6 aliphatic rings. The van der Waals surface area contributed by atoms with E-state index in [1.54, 1.807) is 0 Å². The van der Waals surface area contributed by atoms with Crippen LogP contribution in [0, 0.1) is 34.5 Å². The first-order valence-corrected chi connectivity index (χ1v) is 19.3. The second kappa shape index (κ2) is 15.4. The summed E-state index contributed by atoms with van der Waals surface area (Å²) in [7, 11) is 1.12. The highest BCUT2D eigenvalue weighted by Crippen LogP contribution is 2.64. The summed E-state index contributed by atoms with van der Waals surface area (Å²) in [6.07, 6.45) is -9.71. The van der Waals surface area contributed by atoms with Crippen LogP contribution >= 0.6 is 0 Å². The average Bonchev–Trinajstić information content (AvgIpc) is 3.34. The fraction of sp³-hybridized carbons (Fsp3) is 0.775. The summed E-state index contributed by atoms with van der Waals surface area (Å²) in [5.41, 5.74) is 2.75. The lowest BCUT2D eigenvalue weighted by atomic mass is 9.50. The zero-order valence-corrected chi connectivity index (χ0v) is 32.1. The van der Waals surface area contributed by atoms with E-state index in [4.69, 9.17) is 23.7 Å². The van der Waals surface area contributed by atoms with E-state index in [1.807, 2.05) is 20.8 Å². The van der Waals surface area contributed by atoms with Crippen LogP contribution in [0.3, 0.4) is 0 Å². The van der Waals surface area contributed by atoms with Crippen molar-refractivity contribution in [2.45, 2.75) is 147 Å². The molecule has 2 heterocycles. The van der Waals surface area contributed by atoms with Crippen LogP contribution in [-0.2, 0) is 38.1 Å². The minimum atomic E-state index is -1.75. The van der Waals surface area contributed by atoms with Gasteiger partial charge in [0.15, 0.2) is 30.2 Å². The zero-order chi connectivity index (χ0) is 39.6. The van der Waals surface area contributed by atoms with Gasteiger partial charge in [-0.15, -0.1) is 0 Å². The molecule has 6 rings (SSSR count). The Bertz CT molecular complexity index is 1570. The number of carbonyl (C=O) groups excluding carboxylic acids is 3. The fourth-order valence-corrected chi connectivity index (χ4v) is 10.4. The first-order valence-electron chi connectivity index (χ1n) is 19.3. The molecule has 14 heteroatoms. The number of aliphatic hydroxyl groups excluding tert-OH is 6. The van der Waals surface area contributed by atoms with Crippen molar-refractivity contribution in [1.29, 1.82) is 0 Å². The van der Waals surface area contributed by atoms with Gasteiger partial charge < -0.3 is 54.3 Å². The van der Waals surface area contributed by atoms with E-state index in [9.17, 15) is 45.0 Å². The number of aliphatic hydroxyl groups is 6. The molecule has 15 atom stereocenters. The summed E-state index contributed by atoms with van der Waals surface area (Å²) in [5.74, 6) is -2.06. The SMILES string of the molecule is C=C(C(=O)CC(C)C1=C(O)C(=O)C2C3=C(CCC12C)C1(C)CCC(OC2OC(C(=O)OC)C(O)C(OC4OCC(O)C(O)C4O)C2O)CC1CC3)C(C)C. The summed E-state index contributed by atoms with van der Waals surface area (Å²) in [6.45, 7) is 13.7. The number of carbonyl (C=O) groups is 3. The number of ketones is 2. The van der Waals surface area contributed by atoms with E-state index in [1.165, 1.54) is 5.57 Å². The molecule has 1 saturated carbocycles. The Balaban J connectivity index is 1.17. The number of Topliss-reactive ketones (excluding diaryl/α,β-unsaturated/α-hetero) is 2. The minimum Gasteiger partial charge on any atom is -0.504 e. The number of hydrogen-bond donors (Lipinski definition) is 6. The van der Waals surface area contributed by atoms with Crippen LogP contribution in [-0.4, -0.2) is 123 Å². The van der Waals surface area contributed by atoms with Gasteiger partial charge in [-0.25, -0.2) is 4.79 Å². The maximum Gasteiger partial charge on any atom is 0.337 e. The Morgan fingerprint density at radius 3 is 2.30 bits per heavy atom. The van der Waals surface area contributed by atoms with Crippen molar-refractivity contribution in [3.63, 3.8) is 0 Å². The first-order chi connectivity index (χ1) is 25.3. The molecule has 3 fully saturated rings. The topological polar surface area (TPSA) is 219 Å². The largest absolute Gasteiger partial charge is 0.504 e. The van der Waals surface area contributed by atoms with Gasteiger partial charge in [0, 0.05) is 11.8 Å². The third-order valence-corrected chi connectivity index (χ3v) is 13.6. The van der Waals surface area contributed by atoms with Crippen molar-refractivity contribution in [3.05, 3.63) is 34.6 Å². The Hall–Kier alpha value is -2.53. The van der Waals surface area contributed by atoms with Crippen LogP contribution in [0.5, 0.6) is 0 Å². The number of hydrogen-bond acceptors (Lipinski definition) is 14. The standard InChI is InChI=1S/C40H58O14/c1-17(2)19(4)24(41)14-18(3)26-29(44)30(45)27-22-9-8-20-15-21(10-12-39(20,5)23(22)11-13-40(26,27)6)52-38-33(48)34(32(47)35(54-38)36(49)50-7)53-37-31(46)28(43)25(42)16-51-37/h17-18,20-21,25,27-28,31-35,37-38,42-44,46-48H,4,8-16H2,1-3,5-7H3. The predicted molar refractivity (Wildman–Crippen MR) is 190 cm³/mol. The minimum absolute atomic E-state index is 0.0132. The number of methoxy groups -OCH3 is 1. The van der Waals surface area contributed by atoms with Gasteiger partial charge >= 0.3 is 5.97 Å². The fourth-order valence-electron chi connectivity index (χ4n) is 10.4. The molecule has 15 unspecified atom stereocenters. The molecule has 0 radical (unpaired) electrons. The molecule has 0 aromatic carbocycles. The molecule has 2 aliphatic heterocycles. The Morgan fingerprint density at radius 1 is 0.926 bits per heavy atom. The highest BCUT2D eigenvalue weighted by molar-refractivity contribution is 6.02. The van der Waals surface area contributed by atoms with Gasteiger partial charge in [-0.3, -0.25) is 9.59 Å². The summed E-state index contributed by atoms with van der Waals surface area (Å²) in [5, 5.41) is 64.1. The van der Waals surface area contributed by atoms with Crippen LogP contribution in [0.4, 0.5) is 0 Å². The molecule has 14 nitrogen and oxygen atoms in total. The number of esters is 1. The molecular formula is C40H58O14. The van der Waals surface area contributed by atoms with Crippen molar-refractivity contribution >= 4 is 17.5 Å². The van der Waals surface area contributed by atoms with E-state index >= 15 is 0 Å². The highest BCUT2D eigenvalue weighted by Gasteiger charge is 2.60. The number of fused-ring (bicyclic) bond motifs is 4. The number of rotatable bonds is 10. The van der Waals surface area contributed by atoms with E-state index in [-0.39, 0.29) is 53.5 Å². The van der Waals surface area contributed by atoms with Gasteiger partial charge in [-0.05, 0) is 79.3 Å². The molecule has 54 heavy (non-hydrogen) atoms. The summed E-state index contributed by atoms with van der Waals surface area (Å²) < 4.78 is 28.0. The van der Waals surface area contributed by atoms with Crippen molar-refractivity contribution in [2.24, 2.45) is 34.5 Å². The van der Waals surface area contributed by atoms with E-state index in [0.717, 1.165) is 25.5 Å². The van der Waals surface area contributed by atoms with Gasteiger partial charge in [0.05, 0.1) is 25.7 Å². The second-order valence-corrected chi connectivity index (χ2v) is 17.2. The molecule has 2 saturated heterocycles. The lowest BCUT2D eigenvalue weighted by molar-refractivity contribution is -0.350. The number of ether oxygens (including phenoxy) is 5. The van der Waals surface area contributed by atoms with Gasteiger partial charge in [0.2, 0.25) is 5.78 Å². The molecule has 302 valence electrons. The quantitative estimate of drug-likeness (QED) is 0.107. The Kier molecular flexibility index (Phi) is 11.7. The van der Waals surface area contributed by atoms with Crippen LogP contribution in [0.2, 0.25) is 0 Å². The molecule has 0 bridgehead atoms. The van der Waals surface area contributed by atoms with Crippen LogP contribution in [0.25, 0.3) is 0 Å². The molecule has 0 spiro atoms. The summed E-state index contributed by atoms with van der Waals surface area (Å²) in [4.78, 5) is 39.6. The highest BCUT2D eigenvalue weighted by atomic mass is 16.7. The third kappa shape index (κ3) is 6.93. The van der Waals surface area contributed by atoms with Crippen molar-refractivity contribution < 1.29 is 68.7 Å². The lowest BCUT2D eigenvalue weighted by Gasteiger charge is -2.54. The van der Waals surface area contributed by atoms with Gasteiger partial charge in [0.1, 0.15) is 36.6 Å². The Labute approximate surface area is 316 Å². The summed E-state index contributed by atoms with van der Waals surface area (Å²) in [6, 6.07) is 0. The molecule has 4 aliphatic carbocycles. The average molecular weight is 763 g/mol. The maximum absolute atomic E-state index is 13.9. The molecule has 0 aromatic rings. The molecule has 0 amide bonds. The van der Waals surface area contributed by atoms with E-state index in [0.29, 0.717) is 43.3 Å². The smallest absolute Gasteiger partial charge is 0.337 e. The van der Waals surface area contributed by atoms with E-state index in [2.05, 4.69) is 20.4 Å². The van der Waals surface area contributed by atoms with Crippen LogP contribution in [0.1, 0.15) is 86.0 Å². The van der Waals surface area contributed by atoms with Crippen LogP contribution < -0.4 is 0 Å². The van der Waals surface area contributed by atoms with Gasteiger partial charge in [-0.1, -0.05) is 52.3 Å². The van der Waals surface area contributed by atoms with Crippen LogP contribution in [0.15, 0.2) is 34.6 Å². The monoisotopic (exact) mass is 762 g/mol. The van der Waals surface area contributed by atoms with Gasteiger partial charge in [0.25, 0.3) is 0 Å². The zero-order valence-electron chi connectivity index (χ0n) is 32.1. The van der Waals surface area contributed by atoms with Crippen molar-refractivity contribution in [2.75, 3.05) is 13.7 Å². The first kappa shape index (κ1) is 41.1. The lowest BCUT2D eigenvalue weighted by Crippen LogP contribution is -2.64.